The number of carbonyl (C=O) groups is 2. The number of aromatic nitrogens is 2. The summed E-state index contributed by atoms with van der Waals surface area (Å²) in [5, 5.41) is 5.35. The molecule has 0 aliphatic carbocycles. The fraction of sp³-hybridized carbons (Fsp3) is 0.636. The van der Waals surface area contributed by atoms with Crippen LogP contribution in [-0.4, -0.2) is 45.1 Å². The third-order valence-electron chi connectivity index (χ3n) is 3.18. The Balaban J connectivity index is 2.22. The van der Waals surface area contributed by atoms with Crippen LogP contribution in [0.3, 0.4) is 0 Å². The van der Waals surface area contributed by atoms with Gasteiger partial charge in [0.2, 0.25) is 0 Å². The van der Waals surface area contributed by atoms with Crippen LogP contribution in [0.4, 0.5) is 0 Å². The fourth-order valence-corrected chi connectivity index (χ4v) is 2.61. The molecule has 0 saturated carbocycles. The van der Waals surface area contributed by atoms with Crippen molar-refractivity contribution in [2.24, 2.45) is 0 Å². The van der Waals surface area contributed by atoms with E-state index in [1.807, 2.05) is 0 Å². The molecule has 1 fully saturated rings. The zero-order valence-electron chi connectivity index (χ0n) is 10.4. The molecule has 0 aromatic carbocycles. The van der Waals surface area contributed by atoms with E-state index in [0.717, 1.165) is 18.0 Å². The van der Waals surface area contributed by atoms with Crippen LogP contribution in [0.15, 0.2) is 5.38 Å². The molecule has 1 aliphatic rings. The monoisotopic (exact) mass is 269 g/mol. The van der Waals surface area contributed by atoms with Gasteiger partial charge in [0.1, 0.15) is 5.54 Å². The third-order valence-corrected chi connectivity index (χ3v) is 3.69. The van der Waals surface area contributed by atoms with Gasteiger partial charge in [0, 0.05) is 11.9 Å². The van der Waals surface area contributed by atoms with Gasteiger partial charge in [-0.2, -0.15) is 0 Å². The molecule has 0 radical (unpaired) electrons. The Morgan fingerprint density at radius 3 is 3.00 bits per heavy atom. The zero-order valence-corrected chi connectivity index (χ0v) is 11.2. The predicted octanol–water partition coefficient (Wildman–Crippen LogP) is 1.10. The van der Waals surface area contributed by atoms with E-state index in [-0.39, 0.29) is 17.6 Å². The Kier molecular flexibility index (Phi) is 3.60. The van der Waals surface area contributed by atoms with Gasteiger partial charge in [0.25, 0.3) is 5.91 Å². The van der Waals surface area contributed by atoms with E-state index >= 15 is 0 Å². The second kappa shape index (κ2) is 5.01. The second-order valence-corrected chi connectivity index (χ2v) is 4.95. The van der Waals surface area contributed by atoms with Gasteiger partial charge in [0.05, 0.1) is 6.61 Å². The molecule has 1 aromatic heterocycles. The molecule has 0 spiro atoms. The smallest absolute Gasteiger partial charge is 0.331 e. The maximum Gasteiger partial charge on any atom is 0.331 e. The summed E-state index contributed by atoms with van der Waals surface area (Å²) in [5.41, 5.74) is -0.589. The van der Waals surface area contributed by atoms with Gasteiger partial charge >= 0.3 is 5.97 Å². The van der Waals surface area contributed by atoms with Gasteiger partial charge in [-0.3, -0.25) is 4.79 Å². The number of amides is 1. The van der Waals surface area contributed by atoms with E-state index in [9.17, 15) is 9.59 Å². The van der Waals surface area contributed by atoms with Crippen LogP contribution in [0.2, 0.25) is 0 Å². The molecule has 7 heteroatoms. The number of ether oxygens (including phenoxy) is 1. The standard InChI is InChI=1S/C11H15N3O3S/c1-3-17-10(16)11(2)5-4-6-14(11)9(15)8-7-18-13-12-8/h7H,3-6H2,1-2H3. The van der Waals surface area contributed by atoms with E-state index < -0.39 is 5.54 Å². The lowest BCUT2D eigenvalue weighted by atomic mass is 9.99. The fourth-order valence-electron chi connectivity index (χ4n) is 2.18. The Morgan fingerprint density at radius 2 is 2.39 bits per heavy atom. The molecule has 98 valence electrons. The highest BCUT2D eigenvalue weighted by molar-refractivity contribution is 7.03. The summed E-state index contributed by atoms with van der Waals surface area (Å²) in [6, 6.07) is 0. The Morgan fingerprint density at radius 1 is 1.61 bits per heavy atom. The molecule has 2 rings (SSSR count). The van der Waals surface area contributed by atoms with Crippen LogP contribution in [0.25, 0.3) is 0 Å². The summed E-state index contributed by atoms with van der Waals surface area (Å²) in [4.78, 5) is 25.8. The number of likely N-dealkylation sites (tertiary alicyclic amines) is 1. The predicted molar refractivity (Wildman–Crippen MR) is 65.2 cm³/mol. The molecule has 1 aliphatic heterocycles. The van der Waals surface area contributed by atoms with Gasteiger partial charge in [-0.15, -0.1) is 5.10 Å². The van der Waals surface area contributed by atoms with Crippen molar-refractivity contribution < 1.29 is 14.3 Å². The lowest BCUT2D eigenvalue weighted by Gasteiger charge is -2.32. The summed E-state index contributed by atoms with van der Waals surface area (Å²) < 4.78 is 8.73. The molecular weight excluding hydrogens is 254 g/mol. The number of esters is 1. The first-order valence-electron chi connectivity index (χ1n) is 5.86. The van der Waals surface area contributed by atoms with Crippen molar-refractivity contribution in [3.05, 3.63) is 11.1 Å². The molecule has 1 aromatic rings. The number of carbonyl (C=O) groups excluding carboxylic acids is 2. The molecule has 18 heavy (non-hydrogen) atoms. The Hall–Kier alpha value is -1.50. The normalized spacial score (nSPS) is 23.1. The average Bonchev–Trinajstić information content (AvgIpc) is 2.98. The van der Waals surface area contributed by atoms with Crippen molar-refractivity contribution in [1.82, 2.24) is 14.5 Å². The summed E-state index contributed by atoms with van der Waals surface area (Å²) in [6.07, 6.45) is 1.41. The highest BCUT2D eigenvalue weighted by Crippen LogP contribution is 2.31. The van der Waals surface area contributed by atoms with Crippen LogP contribution < -0.4 is 0 Å². The molecule has 1 amide bonds. The van der Waals surface area contributed by atoms with Crippen molar-refractivity contribution >= 4 is 23.4 Å². The van der Waals surface area contributed by atoms with Crippen LogP contribution in [0, 0.1) is 0 Å². The van der Waals surface area contributed by atoms with Gasteiger partial charge < -0.3 is 9.64 Å². The van der Waals surface area contributed by atoms with E-state index in [4.69, 9.17) is 4.74 Å². The molecular formula is C11H15N3O3S. The number of rotatable bonds is 3. The number of hydrogen-bond acceptors (Lipinski definition) is 6. The van der Waals surface area contributed by atoms with E-state index in [1.165, 1.54) is 0 Å². The Labute approximate surface area is 109 Å². The van der Waals surface area contributed by atoms with Crippen LogP contribution in [0.1, 0.15) is 37.2 Å². The molecule has 1 unspecified atom stereocenters. The lowest BCUT2D eigenvalue weighted by molar-refractivity contribution is -0.153. The number of hydrogen-bond donors (Lipinski definition) is 0. The maximum atomic E-state index is 12.3. The highest BCUT2D eigenvalue weighted by atomic mass is 32.1. The summed E-state index contributed by atoms with van der Waals surface area (Å²) in [7, 11) is 0. The second-order valence-electron chi connectivity index (χ2n) is 4.34. The van der Waals surface area contributed by atoms with Gasteiger partial charge in [-0.1, -0.05) is 4.49 Å². The first kappa shape index (κ1) is 12.9. The quantitative estimate of drug-likeness (QED) is 0.768. The molecule has 1 atom stereocenters. The molecule has 6 nitrogen and oxygen atoms in total. The lowest BCUT2D eigenvalue weighted by Crippen LogP contribution is -2.51. The largest absolute Gasteiger partial charge is 0.464 e. The minimum Gasteiger partial charge on any atom is -0.464 e. The van der Waals surface area contributed by atoms with Crippen molar-refractivity contribution in [1.29, 1.82) is 0 Å². The van der Waals surface area contributed by atoms with Crippen LogP contribution in [0.5, 0.6) is 0 Å². The van der Waals surface area contributed by atoms with Crippen LogP contribution >= 0.6 is 11.5 Å². The van der Waals surface area contributed by atoms with Crippen molar-refractivity contribution in [3.63, 3.8) is 0 Å². The summed E-state index contributed by atoms with van der Waals surface area (Å²) in [5.74, 6) is -0.601. The van der Waals surface area contributed by atoms with Crippen molar-refractivity contribution in [2.45, 2.75) is 32.2 Å². The van der Waals surface area contributed by atoms with Crippen molar-refractivity contribution in [3.8, 4) is 0 Å². The minimum atomic E-state index is -0.878. The van der Waals surface area contributed by atoms with Gasteiger partial charge in [0.15, 0.2) is 5.69 Å². The number of nitrogens with zero attached hydrogens (tertiary/aromatic N) is 3. The van der Waals surface area contributed by atoms with E-state index in [2.05, 4.69) is 9.59 Å². The Bertz CT molecular complexity index is 448. The molecule has 0 bridgehead atoms. The first-order valence-corrected chi connectivity index (χ1v) is 6.69. The van der Waals surface area contributed by atoms with Gasteiger partial charge in [-0.25, -0.2) is 4.79 Å². The van der Waals surface area contributed by atoms with Gasteiger partial charge in [-0.05, 0) is 38.2 Å². The topological polar surface area (TPSA) is 72.4 Å². The first-order chi connectivity index (χ1) is 8.59. The zero-order chi connectivity index (χ0) is 13.2. The summed E-state index contributed by atoms with van der Waals surface area (Å²) >= 11 is 1.12. The van der Waals surface area contributed by atoms with Crippen LogP contribution in [-0.2, 0) is 9.53 Å². The summed E-state index contributed by atoms with van der Waals surface area (Å²) in [6.45, 7) is 4.36. The molecule has 2 heterocycles. The molecule has 1 saturated heterocycles. The minimum absolute atomic E-state index is 0.253. The van der Waals surface area contributed by atoms with Crippen molar-refractivity contribution in [2.75, 3.05) is 13.2 Å². The maximum absolute atomic E-state index is 12.3. The molecule has 0 N–H and O–H groups in total. The van der Waals surface area contributed by atoms with E-state index in [0.29, 0.717) is 19.6 Å². The SMILES string of the molecule is CCOC(=O)C1(C)CCCN1C(=O)c1csnn1. The average molecular weight is 269 g/mol. The van der Waals surface area contributed by atoms with E-state index in [1.54, 1.807) is 24.1 Å². The highest BCUT2D eigenvalue weighted by Gasteiger charge is 2.47. The third kappa shape index (κ3) is 2.10.